The van der Waals surface area contributed by atoms with Crippen molar-refractivity contribution >= 4 is 16.7 Å². The average molecular weight is 414 g/mol. The third-order valence-electron chi connectivity index (χ3n) is 6.91. The highest BCUT2D eigenvalue weighted by molar-refractivity contribution is 5.77. The Labute approximate surface area is 185 Å². The van der Waals surface area contributed by atoms with Gasteiger partial charge >= 0.3 is 0 Å². The van der Waals surface area contributed by atoms with Crippen LogP contribution in [-0.2, 0) is 6.42 Å². The van der Waals surface area contributed by atoms with Crippen molar-refractivity contribution < 1.29 is 0 Å². The first-order chi connectivity index (χ1) is 15.2. The Balaban J connectivity index is 1.43. The minimum atomic E-state index is 0.478. The number of hydrogen-bond donors (Lipinski definition) is 0. The van der Waals surface area contributed by atoms with Gasteiger partial charge in [-0.1, -0.05) is 31.4 Å². The molecule has 1 aromatic carbocycles. The van der Waals surface area contributed by atoms with Crippen LogP contribution in [0.4, 0.5) is 5.69 Å². The predicted molar refractivity (Wildman–Crippen MR) is 127 cm³/mol. The van der Waals surface area contributed by atoms with E-state index in [9.17, 15) is 0 Å². The zero-order valence-corrected chi connectivity index (χ0v) is 18.4. The number of hydrogen-bond acceptors (Lipinski definition) is 4. The second kappa shape index (κ2) is 8.72. The topological polar surface area (TPSA) is 37.2 Å². The zero-order valence-electron chi connectivity index (χ0n) is 18.4. The summed E-state index contributed by atoms with van der Waals surface area (Å²) in [5.74, 6) is 3.08. The van der Waals surface area contributed by atoms with Crippen molar-refractivity contribution in [3.8, 4) is 12.3 Å². The van der Waals surface area contributed by atoms with E-state index in [1.165, 1.54) is 49.0 Å². The van der Waals surface area contributed by atoms with Crippen LogP contribution in [0.5, 0.6) is 0 Å². The molecule has 0 atom stereocenters. The van der Waals surface area contributed by atoms with Crippen LogP contribution in [-0.4, -0.2) is 52.7 Å². The first-order valence-corrected chi connectivity index (χ1v) is 11.6. The van der Waals surface area contributed by atoms with Gasteiger partial charge in [-0.2, -0.15) is 0 Å². The highest BCUT2D eigenvalue weighted by Gasteiger charge is 2.22. The molecule has 0 bridgehead atoms. The summed E-state index contributed by atoms with van der Waals surface area (Å²) < 4.78 is 2.46. The van der Waals surface area contributed by atoms with E-state index in [1.807, 2.05) is 6.20 Å². The molecule has 160 valence electrons. The largest absolute Gasteiger partial charge is 0.369 e. The number of piperazine rings is 1. The third-order valence-corrected chi connectivity index (χ3v) is 6.91. The molecule has 5 rings (SSSR count). The number of nitrogens with zero attached hydrogens (tertiary/aromatic N) is 5. The molecule has 5 nitrogen and oxygen atoms in total. The number of anilines is 1. The number of terminal acetylenes is 1. The van der Waals surface area contributed by atoms with Gasteiger partial charge in [0.05, 0.1) is 0 Å². The smallest absolute Gasteiger partial charge is 0.206 e. The molecule has 1 aliphatic carbocycles. The Kier molecular flexibility index (Phi) is 5.65. The van der Waals surface area contributed by atoms with E-state index in [-0.39, 0.29) is 0 Å². The van der Waals surface area contributed by atoms with Crippen LogP contribution in [0.1, 0.15) is 55.2 Å². The standard InChI is InChI=1S/C26H31N5/c1-3-25-27-19-21-18-24(31(26(21)28-25)23-7-5-4-6-8-23)17-20-9-11-22(12-10-20)30-15-13-29(2)14-16-30/h1,9-12,18-19,23H,4-8,13-17H2,2H3. The average Bonchev–Trinajstić information content (AvgIpc) is 3.17. The molecule has 5 heteroatoms. The van der Waals surface area contributed by atoms with E-state index in [2.05, 4.69) is 62.7 Å². The molecule has 0 unspecified atom stereocenters. The van der Waals surface area contributed by atoms with Crippen LogP contribution in [0.2, 0.25) is 0 Å². The predicted octanol–water partition coefficient (Wildman–Crippen LogP) is 4.26. The molecule has 0 spiro atoms. The van der Waals surface area contributed by atoms with E-state index in [0.29, 0.717) is 11.9 Å². The van der Waals surface area contributed by atoms with Gasteiger partial charge < -0.3 is 14.4 Å². The number of benzene rings is 1. The maximum atomic E-state index is 5.59. The molecule has 2 fully saturated rings. The van der Waals surface area contributed by atoms with Crippen molar-refractivity contribution in [2.45, 2.75) is 44.6 Å². The minimum Gasteiger partial charge on any atom is -0.369 e. The molecule has 3 aromatic rings. The molecule has 3 heterocycles. The number of aromatic nitrogens is 3. The van der Waals surface area contributed by atoms with E-state index < -0.39 is 0 Å². The van der Waals surface area contributed by atoms with E-state index in [1.54, 1.807) is 0 Å². The van der Waals surface area contributed by atoms with E-state index >= 15 is 0 Å². The Hall–Kier alpha value is -2.84. The first kappa shape index (κ1) is 20.1. The van der Waals surface area contributed by atoms with Gasteiger partial charge in [-0.3, -0.25) is 0 Å². The fourth-order valence-corrected chi connectivity index (χ4v) is 5.11. The molecule has 0 amide bonds. The fraction of sp³-hybridized carbons (Fsp3) is 0.462. The van der Waals surface area contributed by atoms with Crippen LogP contribution in [0.25, 0.3) is 11.0 Å². The van der Waals surface area contributed by atoms with Gasteiger partial charge in [0, 0.05) is 61.6 Å². The van der Waals surface area contributed by atoms with Crippen LogP contribution in [0, 0.1) is 12.3 Å². The van der Waals surface area contributed by atoms with Crippen molar-refractivity contribution in [3.05, 3.63) is 53.6 Å². The van der Waals surface area contributed by atoms with Gasteiger partial charge in [0.15, 0.2) is 0 Å². The summed E-state index contributed by atoms with van der Waals surface area (Å²) in [5, 5.41) is 1.09. The normalized spacial score (nSPS) is 18.4. The summed E-state index contributed by atoms with van der Waals surface area (Å²) in [6.07, 6.45) is 14.7. The second-order valence-corrected chi connectivity index (χ2v) is 9.05. The number of likely N-dealkylation sites (N-methyl/N-ethyl adjacent to an activating group) is 1. The molecule has 1 saturated heterocycles. The summed E-state index contributed by atoms with van der Waals surface area (Å²) in [5.41, 5.74) is 4.98. The molecule has 0 N–H and O–H groups in total. The second-order valence-electron chi connectivity index (χ2n) is 9.05. The maximum Gasteiger partial charge on any atom is 0.206 e. The summed E-state index contributed by atoms with van der Waals surface area (Å²) >= 11 is 0. The minimum absolute atomic E-state index is 0.478. The lowest BCUT2D eigenvalue weighted by atomic mass is 9.95. The van der Waals surface area contributed by atoms with Crippen LogP contribution >= 0.6 is 0 Å². The highest BCUT2D eigenvalue weighted by Crippen LogP contribution is 2.34. The van der Waals surface area contributed by atoms with Crippen molar-refractivity contribution in [3.63, 3.8) is 0 Å². The summed E-state index contributed by atoms with van der Waals surface area (Å²) in [6.45, 7) is 4.46. The van der Waals surface area contributed by atoms with Gasteiger partial charge in [0.1, 0.15) is 5.65 Å². The van der Waals surface area contributed by atoms with Gasteiger partial charge in [-0.15, -0.1) is 6.42 Å². The Morgan fingerprint density at radius 2 is 1.77 bits per heavy atom. The lowest BCUT2D eigenvalue weighted by Gasteiger charge is -2.34. The van der Waals surface area contributed by atoms with Gasteiger partial charge in [0.2, 0.25) is 5.82 Å². The summed E-state index contributed by atoms with van der Waals surface area (Å²) in [4.78, 5) is 13.9. The van der Waals surface area contributed by atoms with Crippen molar-refractivity contribution in [2.24, 2.45) is 0 Å². The molecular weight excluding hydrogens is 382 g/mol. The van der Waals surface area contributed by atoms with E-state index in [4.69, 9.17) is 11.4 Å². The third kappa shape index (κ3) is 4.18. The number of fused-ring (bicyclic) bond motifs is 1. The van der Waals surface area contributed by atoms with Crippen LogP contribution in [0.15, 0.2) is 36.5 Å². The number of rotatable bonds is 4. The summed E-state index contributed by atoms with van der Waals surface area (Å²) in [6, 6.07) is 11.9. The Bertz CT molecular complexity index is 1080. The van der Waals surface area contributed by atoms with Gasteiger partial charge in [0.25, 0.3) is 0 Å². The van der Waals surface area contributed by atoms with E-state index in [0.717, 1.165) is 43.6 Å². The molecule has 31 heavy (non-hydrogen) atoms. The van der Waals surface area contributed by atoms with Gasteiger partial charge in [-0.05, 0) is 49.6 Å². The summed E-state index contributed by atoms with van der Waals surface area (Å²) in [7, 11) is 2.20. The van der Waals surface area contributed by atoms with Crippen LogP contribution in [0.3, 0.4) is 0 Å². The van der Waals surface area contributed by atoms with Crippen molar-refractivity contribution in [2.75, 3.05) is 38.1 Å². The quantitative estimate of drug-likeness (QED) is 0.599. The van der Waals surface area contributed by atoms with Crippen molar-refractivity contribution in [1.82, 2.24) is 19.4 Å². The Morgan fingerprint density at radius 1 is 1.03 bits per heavy atom. The van der Waals surface area contributed by atoms with Crippen molar-refractivity contribution in [1.29, 1.82) is 0 Å². The molecule has 1 saturated carbocycles. The molecule has 0 radical (unpaired) electrons. The monoisotopic (exact) mass is 413 g/mol. The lowest BCUT2D eigenvalue weighted by molar-refractivity contribution is 0.313. The molecule has 2 aromatic heterocycles. The SMILES string of the molecule is C#Cc1ncc2cc(Cc3ccc(N4CCN(C)CC4)cc3)n(C3CCCCC3)c2n1. The molecule has 1 aliphatic heterocycles. The van der Waals surface area contributed by atoms with Gasteiger partial charge in [-0.25, -0.2) is 9.97 Å². The maximum absolute atomic E-state index is 5.59. The fourth-order valence-electron chi connectivity index (χ4n) is 5.11. The highest BCUT2D eigenvalue weighted by atomic mass is 15.2. The lowest BCUT2D eigenvalue weighted by Crippen LogP contribution is -2.44. The first-order valence-electron chi connectivity index (χ1n) is 11.6. The Morgan fingerprint density at radius 3 is 2.48 bits per heavy atom. The molecular formula is C26H31N5. The van der Waals surface area contributed by atoms with Crippen LogP contribution < -0.4 is 4.90 Å². The molecule has 2 aliphatic rings. The zero-order chi connectivity index (χ0) is 21.2.